The second kappa shape index (κ2) is 7.35. The molecule has 7 heteroatoms. The molecule has 0 aromatic rings. The zero-order valence-electron chi connectivity index (χ0n) is 11.9. The van der Waals surface area contributed by atoms with Crippen molar-refractivity contribution >= 4 is 17.5 Å². The van der Waals surface area contributed by atoms with Crippen molar-refractivity contribution in [2.75, 3.05) is 33.3 Å². The highest BCUT2D eigenvalue weighted by molar-refractivity contribution is 6.35. The van der Waals surface area contributed by atoms with Gasteiger partial charge in [-0.25, -0.2) is 5.43 Å². The average molecular weight is 283 g/mol. The van der Waals surface area contributed by atoms with Gasteiger partial charge in [0, 0.05) is 31.7 Å². The van der Waals surface area contributed by atoms with Crippen molar-refractivity contribution in [2.45, 2.75) is 31.8 Å². The number of carbonyl (C=O) groups is 2. The smallest absolute Gasteiger partial charge is 0.329 e. The van der Waals surface area contributed by atoms with E-state index in [1.165, 1.54) is 4.90 Å². The van der Waals surface area contributed by atoms with Crippen molar-refractivity contribution in [3.8, 4) is 0 Å². The molecule has 0 radical (unpaired) electrons. The first-order valence-electron chi connectivity index (χ1n) is 7.21. The van der Waals surface area contributed by atoms with Gasteiger partial charge in [-0.15, -0.1) is 0 Å². The van der Waals surface area contributed by atoms with Crippen LogP contribution in [0.1, 0.15) is 25.7 Å². The summed E-state index contributed by atoms with van der Waals surface area (Å²) in [6, 6.07) is 0. The second-order valence-corrected chi connectivity index (χ2v) is 5.42. The summed E-state index contributed by atoms with van der Waals surface area (Å²) in [5, 5.41) is 6.60. The Kier molecular flexibility index (Phi) is 5.49. The molecule has 0 aromatic heterocycles. The third-order valence-electron chi connectivity index (χ3n) is 3.72. The number of likely N-dealkylation sites (tertiary alicyclic amines) is 1. The van der Waals surface area contributed by atoms with Crippen molar-refractivity contribution in [1.29, 1.82) is 0 Å². The van der Waals surface area contributed by atoms with Gasteiger partial charge in [0.2, 0.25) is 0 Å². The third-order valence-corrected chi connectivity index (χ3v) is 3.72. The molecule has 0 bridgehead atoms. The summed E-state index contributed by atoms with van der Waals surface area (Å²) in [6.07, 6.45) is 3.71. The molecule has 2 fully saturated rings. The highest BCUT2D eigenvalue weighted by atomic mass is 16.5. The normalized spacial score (nSPS) is 26.1. The lowest BCUT2D eigenvalue weighted by Gasteiger charge is -2.20. The third kappa shape index (κ3) is 4.57. The molecule has 2 rings (SSSR count). The minimum Gasteiger partial charge on any atom is -0.376 e. The first-order valence-corrected chi connectivity index (χ1v) is 7.21. The van der Waals surface area contributed by atoms with Crippen LogP contribution in [0.2, 0.25) is 0 Å². The molecule has 2 amide bonds. The topological polar surface area (TPSA) is 84.2 Å². The van der Waals surface area contributed by atoms with E-state index in [1.54, 1.807) is 0 Å². The maximum absolute atomic E-state index is 11.6. The summed E-state index contributed by atoms with van der Waals surface area (Å²) >= 11 is 0. The Morgan fingerprint density at radius 3 is 2.75 bits per heavy atom. The molecule has 0 spiro atoms. The van der Waals surface area contributed by atoms with Crippen LogP contribution in [0.25, 0.3) is 0 Å². The molecule has 112 valence electrons. The molecule has 3 N–H and O–H groups in total. The van der Waals surface area contributed by atoms with Gasteiger partial charge in [0.05, 0.1) is 26.2 Å². The van der Waals surface area contributed by atoms with E-state index in [1.807, 2.05) is 0 Å². The monoisotopic (exact) mass is 283 g/mol. The van der Waals surface area contributed by atoms with E-state index in [-0.39, 0.29) is 6.10 Å². The highest BCUT2D eigenvalue weighted by Gasteiger charge is 2.20. The fraction of sp³-hybridized carbons (Fsp3) is 0.769. The number of hydrogen-bond donors (Lipinski definition) is 3. The van der Waals surface area contributed by atoms with Crippen molar-refractivity contribution in [3.63, 3.8) is 0 Å². The number of ether oxygens (including phenoxy) is 1. The van der Waals surface area contributed by atoms with Gasteiger partial charge >= 0.3 is 11.8 Å². The Bertz CT molecular complexity index is 381. The van der Waals surface area contributed by atoms with Crippen LogP contribution in [0.3, 0.4) is 0 Å². The van der Waals surface area contributed by atoms with E-state index in [2.05, 4.69) is 22.9 Å². The summed E-state index contributed by atoms with van der Waals surface area (Å²) in [7, 11) is 2.13. The lowest BCUT2D eigenvalue weighted by atomic mass is 10.1. The van der Waals surface area contributed by atoms with E-state index >= 15 is 0 Å². The van der Waals surface area contributed by atoms with Gasteiger partial charge < -0.3 is 15.0 Å². The Morgan fingerprint density at radius 2 is 2.10 bits per heavy atom. The molecule has 2 aliphatic rings. The lowest BCUT2D eigenvalue weighted by molar-refractivity contribution is -0.880. The number of piperidine rings is 1. The SMILES string of the molecule is C[NH+]1CCC(=NNC(=O)C(=O)NC[C@@H]2CCCO2)CC1. The van der Waals surface area contributed by atoms with Gasteiger partial charge in [0.15, 0.2) is 0 Å². The summed E-state index contributed by atoms with van der Waals surface area (Å²) in [5.41, 5.74) is 3.28. The molecule has 0 aliphatic carbocycles. The maximum Gasteiger partial charge on any atom is 0.329 e. The van der Waals surface area contributed by atoms with E-state index in [9.17, 15) is 9.59 Å². The predicted octanol–water partition coefficient (Wildman–Crippen LogP) is -1.94. The number of hydrogen-bond acceptors (Lipinski definition) is 4. The Morgan fingerprint density at radius 1 is 1.35 bits per heavy atom. The van der Waals surface area contributed by atoms with Gasteiger partial charge in [-0.1, -0.05) is 0 Å². The molecule has 0 saturated carbocycles. The number of carbonyl (C=O) groups excluding carboxylic acids is 2. The van der Waals surface area contributed by atoms with E-state index in [0.717, 1.165) is 51.1 Å². The van der Waals surface area contributed by atoms with Crippen LogP contribution in [-0.2, 0) is 14.3 Å². The number of nitrogens with zero attached hydrogens (tertiary/aromatic N) is 1. The molecule has 7 nitrogen and oxygen atoms in total. The standard InChI is InChI=1S/C13H22N4O3/c1-17-6-4-10(5-7-17)15-16-13(19)12(18)14-9-11-3-2-8-20-11/h11H,2-9H2,1H3,(H,14,18)(H,16,19)/p+1/t11-/m0/s1. The summed E-state index contributed by atoms with van der Waals surface area (Å²) in [6.45, 7) is 3.15. The predicted molar refractivity (Wildman–Crippen MR) is 73.4 cm³/mol. The number of nitrogens with one attached hydrogen (secondary N) is 3. The van der Waals surface area contributed by atoms with Crippen LogP contribution in [0.15, 0.2) is 5.10 Å². The molecule has 2 saturated heterocycles. The minimum atomic E-state index is -0.707. The summed E-state index contributed by atoms with van der Waals surface area (Å²) in [5.74, 6) is -1.36. The molecule has 1 atom stereocenters. The Labute approximate surface area is 118 Å². The molecule has 20 heavy (non-hydrogen) atoms. The van der Waals surface area contributed by atoms with Crippen LogP contribution in [0, 0.1) is 0 Å². The first kappa shape index (κ1) is 14.9. The van der Waals surface area contributed by atoms with Crippen molar-refractivity contribution in [1.82, 2.24) is 10.7 Å². The average Bonchev–Trinajstić information content (AvgIpc) is 2.97. The quantitative estimate of drug-likeness (QED) is 0.416. The van der Waals surface area contributed by atoms with Gasteiger partial charge in [-0.2, -0.15) is 5.10 Å². The largest absolute Gasteiger partial charge is 0.376 e. The summed E-state index contributed by atoms with van der Waals surface area (Å²) in [4.78, 5) is 24.6. The Hall–Kier alpha value is -1.47. The van der Waals surface area contributed by atoms with Crippen molar-refractivity contribution < 1.29 is 19.2 Å². The fourth-order valence-electron chi connectivity index (χ4n) is 2.35. The zero-order valence-corrected chi connectivity index (χ0v) is 11.9. The van der Waals surface area contributed by atoms with Gasteiger partial charge in [0.25, 0.3) is 0 Å². The fourth-order valence-corrected chi connectivity index (χ4v) is 2.35. The van der Waals surface area contributed by atoms with Crippen LogP contribution >= 0.6 is 0 Å². The molecular weight excluding hydrogens is 260 g/mol. The van der Waals surface area contributed by atoms with Gasteiger partial charge in [-0.05, 0) is 12.8 Å². The van der Waals surface area contributed by atoms with Crippen LogP contribution in [0.5, 0.6) is 0 Å². The highest BCUT2D eigenvalue weighted by Crippen LogP contribution is 2.10. The number of amides is 2. The lowest BCUT2D eigenvalue weighted by Crippen LogP contribution is -3.10. The van der Waals surface area contributed by atoms with E-state index in [4.69, 9.17) is 4.74 Å². The second-order valence-electron chi connectivity index (χ2n) is 5.42. The van der Waals surface area contributed by atoms with Crippen LogP contribution < -0.4 is 15.6 Å². The molecule has 2 aliphatic heterocycles. The minimum absolute atomic E-state index is 0.0370. The van der Waals surface area contributed by atoms with Crippen LogP contribution in [-0.4, -0.2) is 56.9 Å². The van der Waals surface area contributed by atoms with Crippen LogP contribution in [0.4, 0.5) is 0 Å². The van der Waals surface area contributed by atoms with Gasteiger partial charge in [0.1, 0.15) is 0 Å². The van der Waals surface area contributed by atoms with E-state index in [0.29, 0.717) is 6.54 Å². The molecule has 0 aromatic carbocycles. The summed E-state index contributed by atoms with van der Waals surface area (Å²) < 4.78 is 5.37. The molecular formula is C13H23N4O3+. The Balaban J connectivity index is 1.68. The number of quaternary nitrogens is 1. The number of rotatable bonds is 3. The van der Waals surface area contributed by atoms with Crippen molar-refractivity contribution in [2.24, 2.45) is 5.10 Å². The zero-order chi connectivity index (χ0) is 14.4. The maximum atomic E-state index is 11.6. The first-order chi connectivity index (χ1) is 9.65. The number of hydrazone groups is 1. The molecule has 0 unspecified atom stereocenters. The van der Waals surface area contributed by atoms with E-state index < -0.39 is 11.8 Å². The molecule has 2 heterocycles. The van der Waals surface area contributed by atoms with Crippen molar-refractivity contribution in [3.05, 3.63) is 0 Å². The van der Waals surface area contributed by atoms with Gasteiger partial charge in [-0.3, -0.25) is 9.59 Å².